The number of carbonyl (C=O) groups is 1. The Hall–Kier alpha value is -2.23. The Kier molecular flexibility index (Phi) is 4.16. The highest BCUT2D eigenvalue weighted by atomic mass is 32.2. The minimum Gasteiger partial charge on any atom is -0.479 e. The van der Waals surface area contributed by atoms with Crippen LogP contribution in [0.4, 0.5) is 0 Å². The van der Waals surface area contributed by atoms with Crippen molar-refractivity contribution in [3.63, 3.8) is 0 Å². The summed E-state index contributed by atoms with van der Waals surface area (Å²) in [6, 6.07) is 7.92. The summed E-state index contributed by atoms with van der Waals surface area (Å²) in [6.07, 6.45) is 0.254. The fourth-order valence-corrected chi connectivity index (χ4v) is 4.00. The van der Waals surface area contributed by atoms with E-state index in [9.17, 15) is 13.2 Å². The third kappa shape index (κ3) is 2.98. The van der Waals surface area contributed by atoms with E-state index >= 15 is 0 Å². The second-order valence-corrected chi connectivity index (χ2v) is 6.84. The molecule has 1 aromatic carbocycles. The summed E-state index contributed by atoms with van der Waals surface area (Å²) < 4.78 is 37.0. The molecule has 1 atom stereocenters. The van der Waals surface area contributed by atoms with Gasteiger partial charge in [-0.25, -0.2) is 13.2 Å². The van der Waals surface area contributed by atoms with Gasteiger partial charge < -0.3 is 14.4 Å². The summed E-state index contributed by atoms with van der Waals surface area (Å²) in [5, 5.41) is 12.6. The van der Waals surface area contributed by atoms with Crippen molar-refractivity contribution < 1.29 is 27.6 Å². The predicted octanol–water partition coefficient (Wildman–Crippen LogP) is 0.816. The van der Waals surface area contributed by atoms with Gasteiger partial charge in [0.25, 0.3) is 0 Å². The summed E-state index contributed by atoms with van der Waals surface area (Å²) in [5.74, 6) is -0.861. The molecule has 1 aromatic heterocycles. The molecule has 0 spiro atoms. The van der Waals surface area contributed by atoms with Crippen LogP contribution in [0.5, 0.6) is 0 Å². The fraction of sp³-hybridized carbons (Fsp3) is 0.286. The second kappa shape index (κ2) is 6.11. The van der Waals surface area contributed by atoms with E-state index in [2.05, 4.69) is 5.16 Å². The van der Waals surface area contributed by atoms with E-state index in [1.807, 2.05) is 0 Å². The zero-order valence-corrected chi connectivity index (χ0v) is 12.8. The molecule has 0 bridgehead atoms. The molecule has 0 amide bonds. The van der Waals surface area contributed by atoms with E-state index in [4.69, 9.17) is 14.4 Å². The van der Waals surface area contributed by atoms with Crippen LogP contribution in [0.1, 0.15) is 0 Å². The highest BCUT2D eigenvalue weighted by Crippen LogP contribution is 2.29. The van der Waals surface area contributed by atoms with Gasteiger partial charge >= 0.3 is 5.97 Å². The van der Waals surface area contributed by atoms with Gasteiger partial charge in [0, 0.05) is 18.2 Å². The standard InChI is InChI=1S/C14H14N2O6S/c17-14(18)12-9-16(7-8-21-12)23(19,20)13-4-2-1-3-10(13)11-5-6-15-22-11/h1-6,12H,7-9H2,(H,17,18). The summed E-state index contributed by atoms with van der Waals surface area (Å²) in [7, 11) is -3.88. The van der Waals surface area contributed by atoms with Crippen molar-refractivity contribution in [2.24, 2.45) is 0 Å². The van der Waals surface area contributed by atoms with Crippen LogP contribution in [0.3, 0.4) is 0 Å². The maximum Gasteiger partial charge on any atom is 0.334 e. The van der Waals surface area contributed by atoms with Crippen molar-refractivity contribution in [3.05, 3.63) is 36.5 Å². The van der Waals surface area contributed by atoms with E-state index in [1.54, 1.807) is 24.3 Å². The summed E-state index contributed by atoms with van der Waals surface area (Å²) >= 11 is 0. The highest BCUT2D eigenvalue weighted by Gasteiger charge is 2.35. The minimum absolute atomic E-state index is 0.0284. The van der Waals surface area contributed by atoms with Crippen LogP contribution in [0.25, 0.3) is 11.3 Å². The first-order valence-electron chi connectivity index (χ1n) is 6.85. The molecule has 23 heavy (non-hydrogen) atoms. The number of hydrogen-bond donors (Lipinski definition) is 1. The van der Waals surface area contributed by atoms with Crippen LogP contribution in [0.2, 0.25) is 0 Å². The number of rotatable bonds is 4. The van der Waals surface area contributed by atoms with Crippen LogP contribution < -0.4 is 0 Å². The van der Waals surface area contributed by atoms with Crippen LogP contribution in [-0.4, -0.2) is 54.8 Å². The lowest BCUT2D eigenvalue weighted by molar-refractivity contribution is -0.153. The zero-order valence-electron chi connectivity index (χ0n) is 12.0. The number of aliphatic carboxylic acids is 1. The van der Waals surface area contributed by atoms with Crippen LogP contribution in [-0.2, 0) is 19.6 Å². The van der Waals surface area contributed by atoms with Gasteiger partial charge in [-0.15, -0.1) is 0 Å². The van der Waals surface area contributed by atoms with Gasteiger partial charge in [-0.3, -0.25) is 0 Å². The molecule has 3 rings (SSSR count). The lowest BCUT2D eigenvalue weighted by Gasteiger charge is -2.30. The smallest absolute Gasteiger partial charge is 0.334 e. The molecule has 1 unspecified atom stereocenters. The normalized spacial score (nSPS) is 19.6. The number of carboxylic acids is 1. The molecule has 8 nitrogen and oxygen atoms in total. The lowest BCUT2D eigenvalue weighted by atomic mass is 10.2. The Labute approximate surface area is 132 Å². The monoisotopic (exact) mass is 338 g/mol. The largest absolute Gasteiger partial charge is 0.479 e. The van der Waals surface area contributed by atoms with Crippen molar-refractivity contribution in [2.75, 3.05) is 19.7 Å². The second-order valence-electron chi connectivity index (χ2n) is 4.93. The Bertz CT molecular complexity index is 802. The highest BCUT2D eigenvalue weighted by molar-refractivity contribution is 7.89. The number of sulfonamides is 1. The maximum absolute atomic E-state index is 12.9. The van der Waals surface area contributed by atoms with Gasteiger partial charge in [0.2, 0.25) is 10.0 Å². The predicted molar refractivity (Wildman–Crippen MR) is 78.1 cm³/mol. The van der Waals surface area contributed by atoms with E-state index in [0.29, 0.717) is 11.3 Å². The Morgan fingerprint density at radius 2 is 2.09 bits per heavy atom. The van der Waals surface area contributed by atoms with Gasteiger partial charge in [0.05, 0.1) is 24.2 Å². The first-order chi connectivity index (χ1) is 11.0. The van der Waals surface area contributed by atoms with Gasteiger partial charge in [-0.05, 0) is 12.1 Å². The first kappa shape index (κ1) is 15.7. The quantitative estimate of drug-likeness (QED) is 0.878. The Balaban J connectivity index is 1.99. The van der Waals surface area contributed by atoms with Crippen LogP contribution >= 0.6 is 0 Å². The third-order valence-electron chi connectivity index (χ3n) is 3.51. The molecular weight excluding hydrogens is 324 g/mol. The van der Waals surface area contributed by atoms with E-state index in [0.717, 1.165) is 4.31 Å². The Morgan fingerprint density at radius 1 is 1.30 bits per heavy atom. The number of carboxylic acid groups (broad SMARTS) is 1. The molecular formula is C14H14N2O6S. The summed E-state index contributed by atoms with van der Waals surface area (Å²) in [5.41, 5.74) is 0.378. The molecule has 0 saturated carbocycles. The van der Waals surface area contributed by atoms with Crippen molar-refractivity contribution in [1.82, 2.24) is 9.46 Å². The topological polar surface area (TPSA) is 110 Å². The number of benzene rings is 1. The molecule has 1 aliphatic heterocycles. The molecule has 2 aromatic rings. The summed E-state index contributed by atoms with van der Waals surface area (Å²) in [4.78, 5) is 11.1. The average molecular weight is 338 g/mol. The molecule has 0 radical (unpaired) electrons. The van der Waals surface area contributed by atoms with E-state index < -0.39 is 22.1 Å². The van der Waals surface area contributed by atoms with Gasteiger partial charge in [-0.1, -0.05) is 17.3 Å². The third-order valence-corrected chi connectivity index (χ3v) is 5.44. The van der Waals surface area contributed by atoms with Crippen molar-refractivity contribution in [1.29, 1.82) is 0 Å². The van der Waals surface area contributed by atoms with Crippen molar-refractivity contribution in [2.45, 2.75) is 11.0 Å². The number of nitrogens with zero attached hydrogens (tertiary/aromatic N) is 2. The van der Waals surface area contributed by atoms with Crippen molar-refractivity contribution >= 4 is 16.0 Å². The lowest BCUT2D eigenvalue weighted by Crippen LogP contribution is -2.48. The van der Waals surface area contributed by atoms with Gasteiger partial charge in [0.1, 0.15) is 0 Å². The van der Waals surface area contributed by atoms with E-state index in [1.165, 1.54) is 12.3 Å². The number of aromatic nitrogens is 1. The summed E-state index contributed by atoms with van der Waals surface area (Å²) in [6.45, 7) is -0.111. The fourth-order valence-electron chi connectivity index (χ4n) is 2.38. The average Bonchev–Trinajstić information content (AvgIpc) is 3.09. The van der Waals surface area contributed by atoms with E-state index in [-0.39, 0.29) is 24.6 Å². The SMILES string of the molecule is O=C(O)C1CN(S(=O)(=O)c2ccccc2-c2ccno2)CCO1. The number of hydrogen-bond acceptors (Lipinski definition) is 6. The molecule has 2 heterocycles. The molecule has 9 heteroatoms. The minimum atomic E-state index is -3.88. The molecule has 1 fully saturated rings. The van der Waals surface area contributed by atoms with Crippen LogP contribution in [0.15, 0.2) is 45.9 Å². The molecule has 122 valence electrons. The van der Waals surface area contributed by atoms with Gasteiger partial charge in [-0.2, -0.15) is 4.31 Å². The first-order valence-corrected chi connectivity index (χ1v) is 8.29. The molecule has 1 N–H and O–H groups in total. The maximum atomic E-state index is 12.9. The van der Waals surface area contributed by atoms with Crippen LogP contribution in [0, 0.1) is 0 Å². The number of morpholine rings is 1. The molecule has 1 saturated heterocycles. The zero-order chi connectivity index (χ0) is 16.4. The Morgan fingerprint density at radius 3 is 2.78 bits per heavy atom. The molecule has 1 aliphatic rings. The molecule has 0 aliphatic carbocycles. The number of ether oxygens (including phenoxy) is 1. The van der Waals surface area contributed by atoms with Gasteiger partial charge in [0.15, 0.2) is 11.9 Å². The van der Waals surface area contributed by atoms with Crippen molar-refractivity contribution in [3.8, 4) is 11.3 Å².